The van der Waals surface area contributed by atoms with Crippen LogP contribution in [0.5, 0.6) is 0 Å². The molecule has 3 aromatic rings. The Labute approximate surface area is 239 Å². The lowest BCUT2D eigenvalue weighted by Crippen LogP contribution is -2.25. The van der Waals surface area contributed by atoms with Gasteiger partial charge in [-0.15, -0.1) is 21.5 Å². The number of amides is 2. The summed E-state index contributed by atoms with van der Waals surface area (Å²) in [6.45, 7) is 3.83. The Morgan fingerprint density at radius 1 is 1.18 bits per heavy atom. The van der Waals surface area contributed by atoms with Crippen molar-refractivity contribution in [3.8, 4) is 0 Å². The topological polar surface area (TPSA) is 158 Å². The maximum absolute atomic E-state index is 13.2. The molecule has 2 aromatic heterocycles. The first kappa shape index (κ1) is 29.2. The Bertz CT molecular complexity index is 1420. The Morgan fingerprint density at radius 3 is 2.60 bits per heavy atom. The van der Waals surface area contributed by atoms with E-state index in [-0.39, 0.29) is 30.3 Å². The predicted molar refractivity (Wildman–Crippen MR) is 151 cm³/mol. The molecule has 0 spiro atoms. The van der Waals surface area contributed by atoms with Crippen molar-refractivity contribution in [2.45, 2.75) is 62.9 Å². The van der Waals surface area contributed by atoms with Crippen LogP contribution in [0.25, 0.3) is 0 Å². The van der Waals surface area contributed by atoms with Gasteiger partial charge >= 0.3 is 5.97 Å². The lowest BCUT2D eigenvalue weighted by atomic mass is 10.1. The number of non-ortho nitro benzene ring substituents is 1. The first-order chi connectivity index (χ1) is 19.2. The van der Waals surface area contributed by atoms with Gasteiger partial charge < -0.3 is 19.9 Å². The SMILES string of the molecule is CCOC(=O)c1c(NC(=O)[C@@H](C)Sc2nnc(CNC(=O)c3ccc([N+](=O)[O-])cc3)n2C)sc2c1CCCCC2. The third kappa shape index (κ3) is 6.67. The van der Waals surface area contributed by atoms with Crippen molar-refractivity contribution in [1.82, 2.24) is 20.1 Å². The molecule has 40 heavy (non-hydrogen) atoms. The number of esters is 1. The Kier molecular flexibility index (Phi) is 9.53. The van der Waals surface area contributed by atoms with Gasteiger partial charge in [0.25, 0.3) is 11.6 Å². The van der Waals surface area contributed by atoms with Crippen molar-refractivity contribution < 1.29 is 24.0 Å². The van der Waals surface area contributed by atoms with Gasteiger partial charge in [-0.3, -0.25) is 19.7 Å². The molecule has 1 aromatic carbocycles. The number of thiophene rings is 1. The van der Waals surface area contributed by atoms with Crippen molar-refractivity contribution in [3.63, 3.8) is 0 Å². The molecule has 14 heteroatoms. The molecule has 212 valence electrons. The Morgan fingerprint density at radius 2 is 1.90 bits per heavy atom. The number of hydrogen-bond acceptors (Lipinski definition) is 10. The second-order valence-corrected chi connectivity index (χ2v) is 11.6. The van der Waals surface area contributed by atoms with Crippen molar-refractivity contribution in [1.29, 1.82) is 0 Å². The van der Waals surface area contributed by atoms with Gasteiger partial charge in [-0.25, -0.2) is 4.79 Å². The zero-order valence-electron chi connectivity index (χ0n) is 22.4. The van der Waals surface area contributed by atoms with E-state index in [1.807, 2.05) is 0 Å². The van der Waals surface area contributed by atoms with Gasteiger partial charge in [-0.2, -0.15) is 0 Å². The maximum atomic E-state index is 13.2. The molecule has 1 aliphatic rings. The molecule has 0 bridgehead atoms. The van der Waals surface area contributed by atoms with Crippen LogP contribution in [0.1, 0.15) is 70.1 Å². The van der Waals surface area contributed by atoms with Crippen molar-refractivity contribution >= 4 is 51.6 Å². The van der Waals surface area contributed by atoms with E-state index in [1.54, 1.807) is 25.5 Å². The molecular formula is C26H30N6O6S2. The largest absolute Gasteiger partial charge is 0.462 e. The zero-order chi connectivity index (χ0) is 28.8. The molecule has 2 heterocycles. The second kappa shape index (κ2) is 13.0. The van der Waals surface area contributed by atoms with Crippen LogP contribution in [-0.2, 0) is 36.0 Å². The van der Waals surface area contributed by atoms with Gasteiger partial charge in [0, 0.05) is 29.6 Å². The number of hydrogen-bond donors (Lipinski definition) is 2. The lowest BCUT2D eigenvalue weighted by Gasteiger charge is -2.12. The highest BCUT2D eigenvalue weighted by Crippen LogP contribution is 2.38. The van der Waals surface area contributed by atoms with E-state index in [2.05, 4.69) is 20.8 Å². The quantitative estimate of drug-likeness (QED) is 0.116. The fourth-order valence-electron chi connectivity index (χ4n) is 4.27. The number of nitro groups is 1. The van der Waals surface area contributed by atoms with E-state index in [0.717, 1.165) is 42.5 Å². The monoisotopic (exact) mass is 586 g/mol. The number of anilines is 1. The highest BCUT2D eigenvalue weighted by molar-refractivity contribution is 8.00. The van der Waals surface area contributed by atoms with Crippen molar-refractivity contribution in [3.05, 3.63) is 61.8 Å². The number of carbonyl (C=O) groups excluding carboxylic acids is 3. The van der Waals surface area contributed by atoms with E-state index >= 15 is 0 Å². The third-order valence-corrected chi connectivity index (χ3v) is 8.80. The summed E-state index contributed by atoms with van der Waals surface area (Å²) >= 11 is 2.65. The summed E-state index contributed by atoms with van der Waals surface area (Å²) < 4.78 is 6.99. The number of carbonyl (C=O) groups is 3. The molecule has 0 saturated carbocycles. The minimum atomic E-state index is -0.553. The number of nitro benzene ring substituents is 1. The molecule has 1 aliphatic carbocycles. The van der Waals surface area contributed by atoms with Crippen LogP contribution in [0.15, 0.2) is 29.4 Å². The van der Waals surface area contributed by atoms with E-state index in [1.165, 1.54) is 47.4 Å². The first-order valence-electron chi connectivity index (χ1n) is 12.9. The lowest BCUT2D eigenvalue weighted by molar-refractivity contribution is -0.384. The van der Waals surface area contributed by atoms with Gasteiger partial charge in [0.05, 0.1) is 28.9 Å². The summed E-state index contributed by atoms with van der Waals surface area (Å²) in [6, 6.07) is 5.29. The number of benzene rings is 1. The average molecular weight is 587 g/mol. The van der Waals surface area contributed by atoms with Gasteiger partial charge in [-0.05, 0) is 57.2 Å². The summed E-state index contributed by atoms with van der Waals surface area (Å²) in [6.07, 6.45) is 4.84. The summed E-state index contributed by atoms with van der Waals surface area (Å²) in [7, 11) is 1.73. The number of thioether (sulfide) groups is 1. The van der Waals surface area contributed by atoms with Crippen LogP contribution >= 0.6 is 23.1 Å². The van der Waals surface area contributed by atoms with Gasteiger partial charge in [0.15, 0.2) is 11.0 Å². The van der Waals surface area contributed by atoms with E-state index in [9.17, 15) is 24.5 Å². The highest BCUT2D eigenvalue weighted by Gasteiger charge is 2.28. The van der Waals surface area contributed by atoms with Gasteiger partial charge in [0.1, 0.15) is 5.00 Å². The molecule has 0 saturated heterocycles. The standard InChI is InChI=1S/C26H30N6O6S2/c1-4-38-25(35)21-18-8-6-5-7-9-19(18)40-24(21)28-22(33)15(2)39-26-30-29-20(31(26)3)14-27-23(34)16-10-12-17(13-11-16)32(36)37/h10-13,15H,4-9,14H2,1-3H3,(H,27,34)(H,28,33)/t15-/m1/s1. The van der Waals surface area contributed by atoms with Gasteiger partial charge in [-0.1, -0.05) is 18.2 Å². The first-order valence-corrected chi connectivity index (χ1v) is 14.6. The fraction of sp³-hybridized carbons (Fsp3) is 0.423. The van der Waals surface area contributed by atoms with E-state index < -0.39 is 22.0 Å². The minimum absolute atomic E-state index is 0.0735. The highest BCUT2D eigenvalue weighted by atomic mass is 32.2. The van der Waals surface area contributed by atoms with E-state index in [4.69, 9.17) is 4.74 Å². The third-order valence-electron chi connectivity index (χ3n) is 6.46. The Balaban J connectivity index is 1.39. The van der Waals surface area contributed by atoms with Crippen LogP contribution < -0.4 is 10.6 Å². The number of aromatic nitrogens is 3. The molecule has 2 N–H and O–H groups in total. The number of rotatable bonds is 10. The molecule has 12 nitrogen and oxygen atoms in total. The molecule has 0 unspecified atom stereocenters. The summed E-state index contributed by atoms with van der Waals surface area (Å²) in [5.41, 5.74) is 1.64. The van der Waals surface area contributed by atoms with Crippen LogP contribution in [0.4, 0.5) is 10.7 Å². The average Bonchev–Trinajstić information content (AvgIpc) is 3.36. The molecular weight excluding hydrogens is 556 g/mol. The fourth-order valence-corrected chi connectivity index (χ4v) is 6.39. The van der Waals surface area contributed by atoms with Crippen LogP contribution in [-0.4, -0.2) is 49.3 Å². The number of fused-ring (bicyclic) bond motifs is 1. The molecule has 1 atom stereocenters. The predicted octanol–water partition coefficient (Wildman–Crippen LogP) is 4.28. The van der Waals surface area contributed by atoms with Crippen molar-refractivity contribution in [2.24, 2.45) is 7.05 Å². The smallest absolute Gasteiger partial charge is 0.341 e. The molecule has 4 rings (SSSR count). The number of nitrogens with one attached hydrogen (secondary N) is 2. The van der Waals surface area contributed by atoms with E-state index in [0.29, 0.717) is 21.5 Å². The van der Waals surface area contributed by atoms with Crippen molar-refractivity contribution in [2.75, 3.05) is 11.9 Å². The number of aryl methyl sites for hydroxylation is 1. The Hall–Kier alpha value is -3.78. The molecule has 0 radical (unpaired) electrons. The molecule has 0 fully saturated rings. The van der Waals surface area contributed by atoms with Gasteiger partial charge in [0.2, 0.25) is 5.91 Å². The normalized spacial score (nSPS) is 13.6. The zero-order valence-corrected chi connectivity index (χ0v) is 24.0. The maximum Gasteiger partial charge on any atom is 0.341 e. The summed E-state index contributed by atoms with van der Waals surface area (Å²) in [5.74, 6) is -0.627. The minimum Gasteiger partial charge on any atom is -0.462 e. The molecule has 0 aliphatic heterocycles. The molecule has 2 amide bonds. The number of ether oxygens (including phenoxy) is 1. The second-order valence-electron chi connectivity index (χ2n) is 9.18. The number of nitrogens with zero attached hydrogens (tertiary/aromatic N) is 4. The van der Waals surface area contributed by atoms with Crippen LogP contribution in [0.2, 0.25) is 0 Å². The summed E-state index contributed by atoms with van der Waals surface area (Å²) in [4.78, 5) is 49.8. The van der Waals surface area contributed by atoms with Crippen LogP contribution in [0.3, 0.4) is 0 Å². The summed E-state index contributed by atoms with van der Waals surface area (Å²) in [5, 5.41) is 25.2. The van der Waals surface area contributed by atoms with Crippen LogP contribution in [0, 0.1) is 10.1 Å².